The van der Waals surface area contributed by atoms with Crippen LogP contribution in [0.2, 0.25) is 0 Å². The highest BCUT2D eigenvalue weighted by Crippen LogP contribution is 2.39. The largest absolute Gasteiger partial charge is 0.463 e. The molecule has 1 aromatic rings. The van der Waals surface area contributed by atoms with Crippen LogP contribution in [0.5, 0.6) is 0 Å². The van der Waals surface area contributed by atoms with Gasteiger partial charge in [0, 0.05) is 5.70 Å². The number of nitriles is 1. The third kappa shape index (κ3) is 3.92. The minimum Gasteiger partial charge on any atom is -0.463 e. The van der Waals surface area contributed by atoms with Crippen LogP contribution >= 0.6 is 12.6 Å². The first-order valence-corrected chi connectivity index (χ1v) is 8.64. The van der Waals surface area contributed by atoms with Gasteiger partial charge in [0.1, 0.15) is 0 Å². The molecular weight excluding hydrogens is 352 g/mol. The Morgan fingerprint density at radius 1 is 1.15 bits per heavy atom. The molecule has 0 aromatic heterocycles. The van der Waals surface area contributed by atoms with E-state index in [1.807, 2.05) is 0 Å². The standard InChI is InChI=1S/C19H20N2O4S/c1-4-24-18(22)13-8-6-12(7-9-13)16-14(10-20)17(26)21-11(3)15(16)19(23)25-5-2/h6-9,16,21,26H,4-5H2,1-3H3. The Labute approximate surface area is 157 Å². The summed E-state index contributed by atoms with van der Waals surface area (Å²) in [6.07, 6.45) is 0. The van der Waals surface area contributed by atoms with Crippen molar-refractivity contribution < 1.29 is 19.1 Å². The topological polar surface area (TPSA) is 88.4 Å². The predicted molar refractivity (Wildman–Crippen MR) is 99.2 cm³/mol. The Bertz CT molecular complexity index is 819. The van der Waals surface area contributed by atoms with Crippen LogP contribution in [0.3, 0.4) is 0 Å². The summed E-state index contributed by atoms with van der Waals surface area (Å²) in [7, 11) is 0. The Kier molecular flexibility index (Phi) is 6.47. The van der Waals surface area contributed by atoms with Gasteiger partial charge in [-0.2, -0.15) is 5.26 Å². The number of rotatable bonds is 5. The van der Waals surface area contributed by atoms with Gasteiger partial charge < -0.3 is 14.8 Å². The molecule has 0 spiro atoms. The quantitative estimate of drug-likeness (QED) is 0.610. The van der Waals surface area contributed by atoms with Gasteiger partial charge in [0.05, 0.1) is 46.9 Å². The number of benzene rings is 1. The lowest BCUT2D eigenvalue weighted by atomic mass is 9.82. The predicted octanol–water partition coefficient (Wildman–Crippen LogP) is 3.05. The summed E-state index contributed by atoms with van der Waals surface area (Å²) in [5.74, 6) is -1.54. The van der Waals surface area contributed by atoms with Gasteiger partial charge in [-0.3, -0.25) is 0 Å². The molecule has 1 aliphatic heterocycles. The number of carbonyl (C=O) groups is 2. The smallest absolute Gasteiger partial charge is 0.338 e. The molecule has 0 fully saturated rings. The number of ether oxygens (including phenoxy) is 2. The molecule has 136 valence electrons. The van der Waals surface area contributed by atoms with Crippen molar-refractivity contribution in [2.24, 2.45) is 0 Å². The number of hydrogen-bond donors (Lipinski definition) is 2. The third-order valence-corrected chi connectivity index (χ3v) is 4.27. The second-order valence-corrected chi connectivity index (χ2v) is 5.98. The summed E-state index contributed by atoms with van der Waals surface area (Å²) in [6, 6.07) is 8.74. The molecule has 1 heterocycles. The Balaban J connectivity index is 2.50. The highest BCUT2D eigenvalue weighted by molar-refractivity contribution is 7.84. The maximum atomic E-state index is 12.5. The second kappa shape index (κ2) is 8.59. The fourth-order valence-corrected chi connectivity index (χ4v) is 3.11. The number of thiol groups is 1. The van der Waals surface area contributed by atoms with E-state index in [1.54, 1.807) is 45.0 Å². The van der Waals surface area contributed by atoms with Gasteiger partial charge in [-0.1, -0.05) is 12.1 Å². The molecular formula is C19H20N2O4S. The van der Waals surface area contributed by atoms with Crippen molar-refractivity contribution in [1.29, 1.82) is 5.26 Å². The van der Waals surface area contributed by atoms with Gasteiger partial charge in [-0.25, -0.2) is 9.59 Å². The van der Waals surface area contributed by atoms with Crippen molar-refractivity contribution in [2.75, 3.05) is 13.2 Å². The number of hydrogen-bond acceptors (Lipinski definition) is 7. The molecule has 0 bridgehead atoms. The number of carbonyl (C=O) groups excluding carboxylic acids is 2. The zero-order chi connectivity index (χ0) is 19.3. The lowest BCUT2D eigenvalue weighted by molar-refractivity contribution is -0.138. The van der Waals surface area contributed by atoms with Gasteiger partial charge >= 0.3 is 11.9 Å². The highest BCUT2D eigenvalue weighted by atomic mass is 32.1. The maximum Gasteiger partial charge on any atom is 0.338 e. The molecule has 26 heavy (non-hydrogen) atoms. The van der Waals surface area contributed by atoms with Gasteiger partial charge in [0.2, 0.25) is 0 Å². The van der Waals surface area contributed by atoms with Crippen molar-refractivity contribution in [3.8, 4) is 6.07 Å². The minimum absolute atomic E-state index is 0.226. The van der Waals surface area contributed by atoms with Gasteiger partial charge in [0.15, 0.2) is 0 Å². The first kappa shape index (κ1) is 19.6. The molecule has 1 aliphatic rings. The van der Waals surface area contributed by atoms with Crippen molar-refractivity contribution in [2.45, 2.75) is 26.7 Å². The monoisotopic (exact) mass is 372 g/mol. The van der Waals surface area contributed by atoms with Crippen molar-refractivity contribution in [3.05, 3.63) is 57.3 Å². The van der Waals surface area contributed by atoms with E-state index < -0.39 is 17.9 Å². The Hall–Kier alpha value is -2.72. The molecule has 0 radical (unpaired) electrons. The third-order valence-electron chi connectivity index (χ3n) is 3.91. The zero-order valence-electron chi connectivity index (χ0n) is 14.8. The molecule has 7 heteroatoms. The van der Waals surface area contributed by atoms with Crippen LogP contribution < -0.4 is 5.32 Å². The van der Waals surface area contributed by atoms with Gasteiger partial charge in [-0.05, 0) is 38.5 Å². The van der Waals surface area contributed by atoms with Crippen LogP contribution in [0.25, 0.3) is 0 Å². The van der Waals surface area contributed by atoms with E-state index in [0.717, 1.165) is 0 Å². The zero-order valence-corrected chi connectivity index (χ0v) is 15.7. The number of nitrogens with one attached hydrogen (secondary N) is 1. The van der Waals surface area contributed by atoms with E-state index in [0.29, 0.717) is 33.0 Å². The molecule has 2 rings (SSSR count). The molecule has 1 atom stereocenters. The minimum atomic E-state index is -0.621. The molecule has 0 saturated heterocycles. The van der Waals surface area contributed by atoms with Gasteiger partial charge in [-0.15, -0.1) is 12.6 Å². The van der Waals surface area contributed by atoms with Crippen LogP contribution in [0, 0.1) is 11.3 Å². The van der Waals surface area contributed by atoms with Crippen LogP contribution in [-0.2, 0) is 14.3 Å². The van der Waals surface area contributed by atoms with Crippen molar-refractivity contribution in [3.63, 3.8) is 0 Å². The summed E-state index contributed by atoms with van der Waals surface area (Å²) in [5, 5.41) is 12.9. The van der Waals surface area contributed by atoms with Crippen molar-refractivity contribution >= 4 is 24.6 Å². The second-order valence-electron chi connectivity index (χ2n) is 5.53. The molecule has 1 N–H and O–H groups in total. The van der Waals surface area contributed by atoms with Crippen LogP contribution in [0.4, 0.5) is 0 Å². The highest BCUT2D eigenvalue weighted by Gasteiger charge is 2.34. The average Bonchev–Trinajstić information content (AvgIpc) is 2.61. The summed E-state index contributed by atoms with van der Waals surface area (Å²) >= 11 is 4.33. The first-order chi connectivity index (χ1) is 12.4. The molecule has 0 aliphatic carbocycles. The number of allylic oxidation sites excluding steroid dienone is 2. The molecule has 0 amide bonds. The lowest BCUT2D eigenvalue weighted by Gasteiger charge is -2.28. The SMILES string of the molecule is CCOC(=O)C1=C(C)NC(S)=C(C#N)C1c1ccc(C(=O)OCC)cc1. The van der Waals surface area contributed by atoms with E-state index in [2.05, 4.69) is 24.0 Å². The maximum absolute atomic E-state index is 12.5. The van der Waals surface area contributed by atoms with Crippen LogP contribution in [0.1, 0.15) is 42.6 Å². The summed E-state index contributed by atoms with van der Waals surface area (Å²) < 4.78 is 10.1. The number of esters is 2. The Morgan fingerprint density at radius 2 is 1.73 bits per heavy atom. The van der Waals surface area contributed by atoms with E-state index in [-0.39, 0.29) is 13.2 Å². The fraction of sp³-hybridized carbons (Fsp3) is 0.316. The van der Waals surface area contributed by atoms with E-state index in [1.165, 1.54) is 0 Å². The summed E-state index contributed by atoms with van der Waals surface area (Å²) in [4.78, 5) is 24.3. The summed E-state index contributed by atoms with van der Waals surface area (Å²) in [6.45, 7) is 5.70. The number of nitrogens with zero attached hydrogens (tertiary/aromatic N) is 1. The van der Waals surface area contributed by atoms with Crippen LogP contribution in [0.15, 0.2) is 46.1 Å². The fourth-order valence-electron chi connectivity index (χ4n) is 2.77. The Morgan fingerprint density at radius 3 is 2.27 bits per heavy atom. The molecule has 1 aromatic carbocycles. The number of dihydropyridines is 1. The molecule has 1 unspecified atom stereocenters. The molecule has 0 saturated carbocycles. The normalized spacial score (nSPS) is 16.7. The van der Waals surface area contributed by atoms with E-state index in [9.17, 15) is 14.9 Å². The van der Waals surface area contributed by atoms with Crippen LogP contribution in [-0.4, -0.2) is 25.2 Å². The molecule has 6 nitrogen and oxygen atoms in total. The lowest BCUT2D eigenvalue weighted by Crippen LogP contribution is -2.28. The summed E-state index contributed by atoms with van der Waals surface area (Å²) in [5.41, 5.74) is 2.32. The van der Waals surface area contributed by atoms with E-state index in [4.69, 9.17) is 9.47 Å². The average molecular weight is 372 g/mol. The van der Waals surface area contributed by atoms with Gasteiger partial charge in [0.25, 0.3) is 0 Å². The van der Waals surface area contributed by atoms with E-state index >= 15 is 0 Å². The first-order valence-electron chi connectivity index (χ1n) is 8.19. The van der Waals surface area contributed by atoms with Crippen molar-refractivity contribution in [1.82, 2.24) is 5.32 Å².